The molecule has 1 amide bonds. The Morgan fingerprint density at radius 3 is 2.83 bits per heavy atom. The number of thiazole rings is 1. The summed E-state index contributed by atoms with van der Waals surface area (Å²) in [5, 5.41) is 3.88. The van der Waals surface area contributed by atoms with Crippen LogP contribution in [-0.4, -0.2) is 27.4 Å². The first-order valence-corrected chi connectivity index (χ1v) is 6.45. The molecule has 18 heavy (non-hydrogen) atoms. The first-order chi connectivity index (χ1) is 8.66. The largest absolute Gasteiger partial charge is 0.350 e. The lowest BCUT2D eigenvalue weighted by molar-refractivity contribution is 0.0949. The van der Waals surface area contributed by atoms with Gasteiger partial charge in [0.15, 0.2) is 0 Å². The number of aryl methyl sites for hydroxylation is 2. The maximum Gasteiger partial charge on any atom is 0.271 e. The van der Waals surface area contributed by atoms with E-state index in [0.717, 1.165) is 17.1 Å². The van der Waals surface area contributed by atoms with Crippen LogP contribution >= 0.6 is 11.3 Å². The Labute approximate surface area is 109 Å². The summed E-state index contributed by atoms with van der Waals surface area (Å²) in [7, 11) is 0. The second-order valence-corrected chi connectivity index (χ2v) is 5.13. The molecule has 6 heteroatoms. The molecular weight excluding hydrogens is 248 g/mol. The van der Waals surface area contributed by atoms with Crippen molar-refractivity contribution in [1.82, 2.24) is 20.3 Å². The molecule has 0 aliphatic carbocycles. The summed E-state index contributed by atoms with van der Waals surface area (Å²) in [5.74, 6) is -0.193. The zero-order valence-electron chi connectivity index (χ0n) is 10.3. The topological polar surface area (TPSA) is 67.8 Å². The van der Waals surface area contributed by atoms with Gasteiger partial charge in [0.2, 0.25) is 0 Å². The van der Waals surface area contributed by atoms with Crippen LogP contribution < -0.4 is 5.32 Å². The van der Waals surface area contributed by atoms with Gasteiger partial charge in [0.1, 0.15) is 5.69 Å². The van der Waals surface area contributed by atoms with E-state index in [1.165, 1.54) is 17.3 Å². The minimum absolute atomic E-state index is 0.193. The zero-order valence-corrected chi connectivity index (χ0v) is 11.1. The van der Waals surface area contributed by atoms with Crippen LogP contribution in [0.25, 0.3) is 0 Å². The molecule has 0 aliphatic heterocycles. The van der Waals surface area contributed by atoms with Gasteiger partial charge in [-0.05, 0) is 13.8 Å². The fourth-order valence-corrected chi connectivity index (χ4v) is 2.54. The highest BCUT2D eigenvalue weighted by Gasteiger charge is 2.08. The molecule has 0 saturated carbocycles. The number of carbonyl (C=O) groups is 1. The lowest BCUT2D eigenvalue weighted by atomic mass is 10.3. The smallest absolute Gasteiger partial charge is 0.271 e. The summed E-state index contributed by atoms with van der Waals surface area (Å²) in [6, 6.07) is 0. The maximum atomic E-state index is 11.7. The lowest BCUT2D eigenvalue weighted by Gasteiger charge is -2.03. The van der Waals surface area contributed by atoms with Gasteiger partial charge in [-0.15, -0.1) is 11.3 Å². The van der Waals surface area contributed by atoms with Crippen molar-refractivity contribution in [3.05, 3.63) is 39.9 Å². The van der Waals surface area contributed by atoms with Crippen molar-refractivity contribution in [2.45, 2.75) is 20.3 Å². The van der Waals surface area contributed by atoms with E-state index in [0.29, 0.717) is 12.2 Å². The summed E-state index contributed by atoms with van der Waals surface area (Å²) in [5.41, 5.74) is 1.39. The van der Waals surface area contributed by atoms with Crippen LogP contribution in [-0.2, 0) is 6.42 Å². The molecule has 5 nitrogen and oxygen atoms in total. The molecule has 94 valence electrons. The number of hydrogen-bond donors (Lipinski definition) is 1. The molecule has 0 atom stereocenters. The molecule has 1 N–H and O–H groups in total. The predicted molar refractivity (Wildman–Crippen MR) is 69.7 cm³/mol. The summed E-state index contributed by atoms with van der Waals surface area (Å²) in [6.07, 6.45) is 5.30. The van der Waals surface area contributed by atoms with Gasteiger partial charge >= 0.3 is 0 Å². The number of hydrogen-bond acceptors (Lipinski definition) is 5. The minimum atomic E-state index is -0.193. The molecular formula is C12H14N4OS. The summed E-state index contributed by atoms with van der Waals surface area (Å²) in [6.45, 7) is 4.56. The van der Waals surface area contributed by atoms with Crippen LogP contribution in [0.4, 0.5) is 0 Å². The molecule has 2 aromatic heterocycles. The Bertz CT molecular complexity index is 538. The van der Waals surface area contributed by atoms with Gasteiger partial charge in [-0.2, -0.15) is 0 Å². The average Bonchev–Trinajstić information content (AvgIpc) is 2.69. The average molecular weight is 262 g/mol. The minimum Gasteiger partial charge on any atom is -0.350 e. The Hall–Kier alpha value is -1.82. The van der Waals surface area contributed by atoms with E-state index in [-0.39, 0.29) is 5.91 Å². The van der Waals surface area contributed by atoms with Crippen LogP contribution in [0.15, 0.2) is 18.6 Å². The predicted octanol–water partition coefficient (Wildman–Crippen LogP) is 1.52. The van der Waals surface area contributed by atoms with Crippen molar-refractivity contribution in [2.24, 2.45) is 0 Å². The van der Waals surface area contributed by atoms with Gasteiger partial charge in [0.05, 0.1) is 16.9 Å². The third-order valence-corrected chi connectivity index (χ3v) is 3.57. The van der Waals surface area contributed by atoms with Gasteiger partial charge in [-0.25, -0.2) is 9.97 Å². The van der Waals surface area contributed by atoms with E-state index in [2.05, 4.69) is 20.3 Å². The third-order valence-electron chi connectivity index (χ3n) is 2.43. The number of aromatic nitrogens is 3. The number of nitrogens with zero attached hydrogens (tertiary/aromatic N) is 3. The van der Waals surface area contributed by atoms with Crippen molar-refractivity contribution in [3.8, 4) is 0 Å². The number of rotatable bonds is 4. The number of carbonyl (C=O) groups excluding carboxylic acids is 1. The van der Waals surface area contributed by atoms with Crippen LogP contribution in [0.1, 0.15) is 26.1 Å². The van der Waals surface area contributed by atoms with Crippen LogP contribution in [0.2, 0.25) is 0 Å². The molecule has 0 aromatic carbocycles. The molecule has 0 fully saturated rings. The van der Waals surface area contributed by atoms with Gasteiger partial charge in [0.25, 0.3) is 5.91 Å². The van der Waals surface area contributed by atoms with Crippen molar-refractivity contribution in [3.63, 3.8) is 0 Å². The Morgan fingerprint density at radius 2 is 2.22 bits per heavy atom. The first kappa shape index (κ1) is 12.6. The van der Waals surface area contributed by atoms with Crippen LogP contribution in [0, 0.1) is 13.8 Å². The second-order valence-electron chi connectivity index (χ2n) is 3.84. The normalized spacial score (nSPS) is 10.3. The zero-order chi connectivity index (χ0) is 13.0. The van der Waals surface area contributed by atoms with Gasteiger partial charge in [-0.3, -0.25) is 9.78 Å². The third kappa shape index (κ3) is 3.10. The van der Waals surface area contributed by atoms with Crippen molar-refractivity contribution in [1.29, 1.82) is 0 Å². The van der Waals surface area contributed by atoms with E-state index < -0.39 is 0 Å². The molecule has 0 unspecified atom stereocenters. The van der Waals surface area contributed by atoms with Crippen molar-refractivity contribution >= 4 is 17.2 Å². The summed E-state index contributed by atoms with van der Waals surface area (Å²) >= 11 is 1.67. The quantitative estimate of drug-likeness (QED) is 0.907. The van der Waals surface area contributed by atoms with Gasteiger partial charge < -0.3 is 5.32 Å². The highest BCUT2D eigenvalue weighted by atomic mass is 32.1. The van der Waals surface area contributed by atoms with Crippen LogP contribution in [0.5, 0.6) is 0 Å². The Morgan fingerprint density at radius 1 is 1.39 bits per heavy atom. The number of amides is 1. The number of nitrogens with one attached hydrogen (secondary N) is 1. The second kappa shape index (κ2) is 5.68. The summed E-state index contributed by atoms with van der Waals surface area (Å²) < 4.78 is 0. The van der Waals surface area contributed by atoms with E-state index in [4.69, 9.17) is 0 Å². The monoisotopic (exact) mass is 262 g/mol. The highest BCUT2D eigenvalue weighted by molar-refractivity contribution is 7.11. The van der Waals surface area contributed by atoms with E-state index in [9.17, 15) is 4.79 Å². The highest BCUT2D eigenvalue weighted by Crippen LogP contribution is 2.17. The van der Waals surface area contributed by atoms with Gasteiger partial charge in [0, 0.05) is 30.2 Å². The molecule has 0 bridgehead atoms. The molecule has 0 aliphatic rings. The lowest BCUT2D eigenvalue weighted by Crippen LogP contribution is -2.26. The fraction of sp³-hybridized carbons (Fsp3) is 0.333. The van der Waals surface area contributed by atoms with Gasteiger partial charge in [-0.1, -0.05) is 0 Å². The standard InChI is InChI=1S/C12H14N4OS/c1-8-11(18-9(2)16-8)3-4-15-12(17)10-7-13-5-6-14-10/h5-7H,3-4H2,1-2H3,(H,15,17). The molecule has 2 aromatic rings. The molecule has 0 spiro atoms. The molecule has 0 saturated heterocycles. The van der Waals surface area contributed by atoms with E-state index in [1.807, 2.05) is 13.8 Å². The maximum absolute atomic E-state index is 11.7. The van der Waals surface area contributed by atoms with Crippen molar-refractivity contribution < 1.29 is 4.79 Å². The summed E-state index contributed by atoms with van der Waals surface area (Å²) in [4.78, 5) is 25.1. The fourth-order valence-electron chi connectivity index (χ4n) is 1.60. The SMILES string of the molecule is Cc1nc(C)c(CCNC(=O)c2cnccn2)s1. The Kier molecular flexibility index (Phi) is 3.99. The Balaban J connectivity index is 1.86. The molecule has 2 rings (SSSR count). The van der Waals surface area contributed by atoms with E-state index in [1.54, 1.807) is 17.5 Å². The van der Waals surface area contributed by atoms with Crippen LogP contribution in [0.3, 0.4) is 0 Å². The first-order valence-electron chi connectivity index (χ1n) is 5.64. The van der Waals surface area contributed by atoms with Crippen molar-refractivity contribution in [2.75, 3.05) is 6.54 Å². The molecule has 0 radical (unpaired) electrons. The van der Waals surface area contributed by atoms with E-state index >= 15 is 0 Å². The molecule has 2 heterocycles.